The van der Waals surface area contributed by atoms with Crippen molar-refractivity contribution in [2.24, 2.45) is 0 Å². The number of rotatable bonds is 8. The Labute approximate surface area is 191 Å². The highest BCUT2D eigenvalue weighted by Gasteiger charge is 2.54. The molecule has 2 N–H and O–H groups in total. The Morgan fingerprint density at radius 2 is 1.64 bits per heavy atom. The molecule has 1 fully saturated rings. The third-order valence-electron chi connectivity index (χ3n) is 5.79. The van der Waals surface area contributed by atoms with E-state index in [2.05, 4.69) is 4.98 Å². The summed E-state index contributed by atoms with van der Waals surface area (Å²) in [5.41, 5.74) is 0.0988. The van der Waals surface area contributed by atoms with E-state index in [1.807, 2.05) is 60.7 Å². The quantitative estimate of drug-likeness (QED) is 0.544. The van der Waals surface area contributed by atoms with Crippen LogP contribution in [-0.4, -0.2) is 39.1 Å². The topological polar surface area (TPSA) is 103 Å². The minimum absolute atomic E-state index is 0.131. The number of aryl methyl sites for hydroxylation is 1. The molecule has 3 aromatic rings. The number of nitrogens with one attached hydrogen (secondary N) is 1. The van der Waals surface area contributed by atoms with Crippen LogP contribution in [0.5, 0.6) is 0 Å². The number of aromatic nitrogens is 2. The van der Waals surface area contributed by atoms with Gasteiger partial charge in [0.05, 0.1) is 19.8 Å². The second kappa shape index (κ2) is 9.84. The average Bonchev–Trinajstić information content (AvgIpc) is 3.06. The van der Waals surface area contributed by atoms with E-state index in [4.69, 9.17) is 14.2 Å². The number of hydrogen-bond donors (Lipinski definition) is 2. The van der Waals surface area contributed by atoms with Crippen LogP contribution in [0.15, 0.2) is 76.4 Å². The molecule has 174 valence electrons. The van der Waals surface area contributed by atoms with Crippen LogP contribution in [-0.2, 0) is 27.4 Å². The van der Waals surface area contributed by atoms with Crippen LogP contribution in [0, 0.1) is 6.92 Å². The molecule has 0 spiro atoms. The highest BCUT2D eigenvalue weighted by atomic mass is 16.6. The highest BCUT2D eigenvalue weighted by Crippen LogP contribution is 2.39. The Balaban J connectivity index is 1.57. The Kier molecular flexibility index (Phi) is 6.90. The summed E-state index contributed by atoms with van der Waals surface area (Å²) in [7, 11) is 0. The maximum atomic E-state index is 12.5. The van der Waals surface area contributed by atoms with Crippen molar-refractivity contribution in [3.05, 3.63) is 104 Å². The van der Waals surface area contributed by atoms with Gasteiger partial charge in [0.1, 0.15) is 17.8 Å². The Hall–Kier alpha value is -3.04. The molecular weight excluding hydrogens is 424 g/mol. The van der Waals surface area contributed by atoms with Gasteiger partial charge in [0.2, 0.25) is 0 Å². The fraction of sp³-hybridized carbons (Fsp3) is 0.360. The van der Waals surface area contributed by atoms with Gasteiger partial charge in [0.25, 0.3) is 5.56 Å². The lowest BCUT2D eigenvalue weighted by Crippen LogP contribution is -2.46. The summed E-state index contributed by atoms with van der Waals surface area (Å²) in [6.45, 7) is 4.13. The van der Waals surface area contributed by atoms with E-state index < -0.39 is 35.3 Å². The number of hydrogen-bond acceptors (Lipinski definition) is 6. The molecular formula is C25H28N2O6. The molecule has 1 aromatic heterocycles. The number of aromatic amines is 1. The fourth-order valence-electron chi connectivity index (χ4n) is 4.02. The van der Waals surface area contributed by atoms with E-state index in [1.54, 1.807) is 13.8 Å². The number of aliphatic hydroxyl groups is 1. The largest absolute Gasteiger partial charge is 0.386 e. The number of H-pyrrole nitrogens is 1. The molecule has 2 heterocycles. The Morgan fingerprint density at radius 1 is 1.03 bits per heavy atom. The predicted molar refractivity (Wildman–Crippen MR) is 122 cm³/mol. The van der Waals surface area contributed by atoms with Gasteiger partial charge in [-0.1, -0.05) is 60.7 Å². The van der Waals surface area contributed by atoms with E-state index in [0.717, 1.165) is 11.1 Å². The van der Waals surface area contributed by atoms with Crippen LogP contribution in [0.3, 0.4) is 0 Å². The molecule has 0 saturated carbocycles. The molecule has 1 aliphatic heterocycles. The third kappa shape index (κ3) is 5.15. The van der Waals surface area contributed by atoms with E-state index in [0.29, 0.717) is 12.2 Å². The molecule has 0 unspecified atom stereocenters. The average molecular weight is 453 g/mol. The van der Waals surface area contributed by atoms with E-state index in [-0.39, 0.29) is 13.2 Å². The summed E-state index contributed by atoms with van der Waals surface area (Å²) in [6, 6.07) is 19.3. The van der Waals surface area contributed by atoms with Crippen molar-refractivity contribution in [1.29, 1.82) is 0 Å². The van der Waals surface area contributed by atoms with Crippen LogP contribution in [0.4, 0.5) is 0 Å². The lowest BCUT2D eigenvalue weighted by atomic mass is 9.98. The SMILES string of the molecule is Cc1cn([C@@H]2O[C@](C)(COCc3ccccc3)[C@@H](OCc3ccccc3)[C@H]2O)c(=O)[nH]c1=O. The van der Waals surface area contributed by atoms with Gasteiger partial charge in [-0.05, 0) is 25.0 Å². The molecule has 8 nitrogen and oxygen atoms in total. The molecule has 8 heteroatoms. The summed E-state index contributed by atoms with van der Waals surface area (Å²) in [4.78, 5) is 26.5. The van der Waals surface area contributed by atoms with E-state index >= 15 is 0 Å². The second-order valence-electron chi connectivity index (χ2n) is 8.49. The molecule has 4 atom stereocenters. The molecule has 1 saturated heterocycles. The molecule has 0 bridgehead atoms. The lowest BCUT2D eigenvalue weighted by molar-refractivity contribution is -0.147. The first-order valence-corrected chi connectivity index (χ1v) is 10.8. The maximum Gasteiger partial charge on any atom is 0.330 e. The van der Waals surface area contributed by atoms with Gasteiger partial charge in [-0.25, -0.2) is 4.79 Å². The number of ether oxygens (including phenoxy) is 3. The second-order valence-corrected chi connectivity index (χ2v) is 8.49. The summed E-state index contributed by atoms with van der Waals surface area (Å²) in [6.07, 6.45) is -1.60. The smallest absolute Gasteiger partial charge is 0.330 e. The molecule has 33 heavy (non-hydrogen) atoms. The zero-order valence-corrected chi connectivity index (χ0v) is 18.6. The summed E-state index contributed by atoms with van der Waals surface area (Å²) < 4.78 is 19.5. The normalized spacial score (nSPS) is 24.8. The monoisotopic (exact) mass is 452 g/mol. The van der Waals surface area contributed by atoms with E-state index in [9.17, 15) is 14.7 Å². The van der Waals surface area contributed by atoms with Crippen molar-refractivity contribution in [3.63, 3.8) is 0 Å². The van der Waals surface area contributed by atoms with Crippen molar-refractivity contribution in [2.75, 3.05) is 6.61 Å². The van der Waals surface area contributed by atoms with Crippen LogP contribution < -0.4 is 11.2 Å². The molecule has 0 aliphatic carbocycles. The van der Waals surface area contributed by atoms with Gasteiger partial charge in [0, 0.05) is 11.8 Å². The van der Waals surface area contributed by atoms with Crippen LogP contribution in [0.2, 0.25) is 0 Å². The van der Waals surface area contributed by atoms with Crippen LogP contribution in [0.1, 0.15) is 29.8 Å². The van der Waals surface area contributed by atoms with Gasteiger partial charge < -0.3 is 19.3 Å². The van der Waals surface area contributed by atoms with Crippen LogP contribution in [0.25, 0.3) is 0 Å². The van der Waals surface area contributed by atoms with Crippen molar-refractivity contribution < 1.29 is 19.3 Å². The molecule has 1 aliphatic rings. The fourth-order valence-corrected chi connectivity index (χ4v) is 4.02. The highest BCUT2D eigenvalue weighted by molar-refractivity contribution is 5.15. The maximum absolute atomic E-state index is 12.5. The number of nitrogens with zero attached hydrogens (tertiary/aromatic N) is 1. The zero-order valence-electron chi connectivity index (χ0n) is 18.6. The van der Waals surface area contributed by atoms with Gasteiger partial charge in [-0.3, -0.25) is 14.3 Å². The van der Waals surface area contributed by atoms with Crippen molar-refractivity contribution in [1.82, 2.24) is 9.55 Å². The third-order valence-corrected chi connectivity index (χ3v) is 5.79. The zero-order chi connectivity index (χ0) is 23.4. The molecule has 0 amide bonds. The predicted octanol–water partition coefficient (Wildman–Crippen LogP) is 2.30. The number of aliphatic hydroxyl groups excluding tert-OH is 1. The first kappa shape index (κ1) is 23.1. The molecule has 0 radical (unpaired) electrons. The molecule has 4 rings (SSSR count). The molecule has 2 aromatic carbocycles. The van der Waals surface area contributed by atoms with Gasteiger partial charge >= 0.3 is 5.69 Å². The van der Waals surface area contributed by atoms with Crippen molar-refractivity contribution in [3.8, 4) is 0 Å². The summed E-state index contributed by atoms with van der Waals surface area (Å²) >= 11 is 0. The summed E-state index contributed by atoms with van der Waals surface area (Å²) in [5, 5.41) is 11.2. The van der Waals surface area contributed by atoms with Crippen LogP contribution >= 0.6 is 0 Å². The van der Waals surface area contributed by atoms with Crippen molar-refractivity contribution in [2.45, 2.75) is 51.1 Å². The summed E-state index contributed by atoms with van der Waals surface area (Å²) in [5.74, 6) is 0. The first-order valence-electron chi connectivity index (χ1n) is 10.8. The minimum atomic E-state index is -1.16. The number of benzene rings is 2. The lowest BCUT2D eigenvalue weighted by Gasteiger charge is -2.30. The van der Waals surface area contributed by atoms with E-state index in [1.165, 1.54) is 10.8 Å². The Bertz CT molecular complexity index is 1180. The van der Waals surface area contributed by atoms with Gasteiger partial charge in [-0.15, -0.1) is 0 Å². The Morgan fingerprint density at radius 3 is 2.27 bits per heavy atom. The van der Waals surface area contributed by atoms with Gasteiger partial charge in [0.15, 0.2) is 6.23 Å². The van der Waals surface area contributed by atoms with Gasteiger partial charge in [-0.2, -0.15) is 0 Å². The first-order chi connectivity index (χ1) is 15.9. The minimum Gasteiger partial charge on any atom is -0.386 e. The standard InChI is InChI=1S/C25H28N2O6/c1-17-13-27(24(30)26-22(17)29)23-20(28)21(32-15-19-11-7-4-8-12-19)25(2,33-23)16-31-14-18-9-5-3-6-10-18/h3-13,20-21,23,28H,14-16H2,1-2H3,(H,26,29,30)/t20-,21+,23-,25-/m1/s1. The van der Waals surface area contributed by atoms with Crippen molar-refractivity contribution >= 4 is 0 Å².